The van der Waals surface area contributed by atoms with Gasteiger partial charge in [0, 0.05) is 30.5 Å². The Morgan fingerprint density at radius 2 is 2.12 bits per heavy atom. The lowest BCUT2D eigenvalue weighted by Gasteiger charge is -2.08. The van der Waals surface area contributed by atoms with E-state index in [9.17, 15) is 4.79 Å². The second kappa shape index (κ2) is 8.95. The van der Waals surface area contributed by atoms with Crippen molar-refractivity contribution in [2.24, 2.45) is 0 Å². The number of carbonyl (C=O) groups excluding carboxylic acids is 1. The minimum Gasteiger partial charge on any atom is -0.486 e. The molecule has 136 valence electrons. The molecule has 1 N–H and O–H groups in total. The Bertz CT molecular complexity index is 818. The molecule has 9 nitrogen and oxygen atoms in total. The van der Waals surface area contributed by atoms with E-state index in [2.05, 4.69) is 25.8 Å². The maximum atomic E-state index is 12.0. The third-order valence-corrected chi connectivity index (χ3v) is 3.81. The van der Waals surface area contributed by atoms with E-state index >= 15 is 0 Å². The van der Waals surface area contributed by atoms with Gasteiger partial charge in [-0.3, -0.25) is 4.79 Å². The van der Waals surface area contributed by atoms with Crippen LogP contribution in [0.3, 0.4) is 0 Å². The van der Waals surface area contributed by atoms with Gasteiger partial charge in [-0.15, -0.1) is 5.10 Å². The molecular formula is C16H18ClN7O2. The second-order valence-electron chi connectivity index (χ2n) is 5.50. The van der Waals surface area contributed by atoms with Gasteiger partial charge in [-0.2, -0.15) is 0 Å². The first kappa shape index (κ1) is 17.9. The molecule has 0 bridgehead atoms. The number of rotatable bonds is 9. The zero-order valence-corrected chi connectivity index (χ0v) is 14.7. The fraction of sp³-hybridized carbons (Fsp3) is 0.312. The van der Waals surface area contributed by atoms with E-state index in [1.807, 2.05) is 10.8 Å². The van der Waals surface area contributed by atoms with Crippen molar-refractivity contribution in [2.75, 3.05) is 6.54 Å². The third-order valence-electron chi connectivity index (χ3n) is 3.56. The highest BCUT2D eigenvalue weighted by atomic mass is 35.5. The summed E-state index contributed by atoms with van der Waals surface area (Å²) in [6.45, 7) is 1.56. The number of halogens is 1. The summed E-state index contributed by atoms with van der Waals surface area (Å²) in [6.07, 6.45) is 6.17. The molecule has 0 spiro atoms. The highest BCUT2D eigenvalue weighted by Gasteiger charge is 2.11. The summed E-state index contributed by atoms with van der Waals surface area (Å²) in [6, 6.07) is 6.97. The van der Waals surface area contributed by atoms with Crippen LogP contribution in [-0.2, 0) is 24.5 Å². The fourth-order valence-electron chi connectivity index (χ4n) is 2.23. The number of nitrogens with zero attached hydrogens (tertiary/aromatic N) is 6. The molecule has 1 aromatic carbocycles. The Morgan fingerprint density at radius 3 is 2.88 bits per heavy atom. The maximum Gasteiger partial charge on any atom is 0.241 e. The number of imidazole rings is 1. The van der Waals surface area contributed by atoms with Crippen LogP contribution in [-0.4, -0.2) is 42.2 Å². The van der Waals surface area contributed by atoms with E-state index in [-0.39, 0.29) is 19.1 Å². The van der Waals surface area contributed by atoms with Crippen LogP contribution in [0.25, 0.3) is 0 Å². The van der Waals surface area contributed by atoms with Gasteiger partial charge in [0.25, 0.3) is 0 Å². The van der Waals surface area contributed by atoms with Gasteiger partial charge in [-0.25, -0.2) is 9.67 Å². The van der Waals surface area contributed by atoms with Crippen molar-refractivity contribution in [1.82, 2.24) is 35.1 Å². The number of hydrogen-bond acceptors (Lipinski definition) is 6. The molecule has 2 aromatic heterocycles. The van der Waals surface area contributed by atoms with Crippen molar-refractivity contribution in [3.05, 3.63) is 53.8 Å². The Hall–Kier alpha value is -2.94. The summed E-state index contributed by atoms with van der Waals surface area (Å²) in [5.41, 5.74) is 0. The molecule has 0 radical (unpaired) electrons. The number of amides is 1. The molecule has 10 heteroatoms. The second-order valence-corrected chi connectivity index (χ2v) is 5.94. The van der Waals surface area contributed by atoms with Crippen LogP contribution in [0, 0.1) is 0 Å². The van der Waals surface area contributed by atoms with Crippen LogP contribution < -0.4 is 10.1 Å². The van der Waals surface area contributed by atoms with E-state index < -0.39 is 0 Å². The fourth-order valence-corrected chi connectivity index (χ4v) is 2.35. The molecule has 0 aliphatic carbocycles. The molecule has 0 unspecified atom stereocenters. The Morgan fingerprint density at radius 1 is 1.27 bits per heavy atom. The quantitative estimate of drug-likeness (QED) is 0.566. The summed E-state index contributed by atoms with van der Waals surface area (Å²) in [5.74, 6) is 0.956. The number of ether oxygens (including phenoxy) is 1. The van der Waals surface area contributed by atoms with Crippen LogP contribution in [0.15, 0.2) is 43.0 Å². The molecule has 0 aliphatic rings. The van der Waals surface area contributed by atoms with Gasteiger partial charge in [-0.05, 0) is 41.1 Å². The molecule has 1 amide bonds. The number of aryl methyl sites for hydroxylation is 1. The first-order valence-corrected chi connectivity index (χ1v) is 8.44. The number of tetrazole rings is 1. The predicted molar refractivity (Wildman–Crippen MR) is 93.5 cm³/mol. The number of benzene rings is 1. The van der Waals surface area contributed by atoms with Gasteiger partial charge in [0.15, 0.2) is 5.82 Å². The molecule has 0 aliphatic heterocycles. The topological polar surface area (TPSA) is 99.8 Å². The summed E-state index contributed by atoms with van der Waals surface area (Å²) in [4.78, 5) is 16.0. The van der Waals surface area contributed by atoms with Gasteiger partial charge in [0.05, 0.1) is 6.33 Å². The molecule has 3 rings (SSSR count). The minimum absolute atomic E-state index is 0.0391. The lowest BCUT2D eigenvalue weighted by Crippen LogP contribution is -2.30. The highest BCUT2D eigenvalue weighted by molar-refractivity contribution is 6.30. The van der Waals surface area contributed by atoms with Crippen molar-refractivity contribution in [1.29, 1.82) is 0 Å². The number of carbonyl (C=O) groups is 1. The van der Waals surface area contributed by atoms with Crippen LogP contribution in [0.2, 0.25) is 5.02 Å². The first-order chi connectivity index (χ1) is 12.7. The Labute approximate surface area is 154 Å². The maximum absolute atomic E-state index is 12.0. The van der Waals surface area contributed by atoms with E-state index in [1.54, 1.807) is 36.8 Å². The minimum atomic E-state index is -0.157. The zero-order chi connectivity index (χ0) is 18.2. The van der Waals surface area contributed by atoms with Crippen LogP contribution >= 0.6 is 11.6 Å². The monoisotopic (exact) mass is 375 g/mol. The lowest BCUT2D eigenvalue weighted by molar-refractivity contribution is -0.121. The molecule has 26 heavy (non-hydrogen) atoms. The number of hydrogen-bond donors (Lipinski definition) is 1. The average Bonchev–Trinajstić information content (AvgIpc) is 3.30. The third kappa shape index (κ3) is 5.28. The van der Waals surface area contributed by atoms with Crippen LogP contribution in [0.1, 0.15) is 12.2 Å². The predicted octanol–water partition coefficient (Wildman–Crippen LogP) is 1.31. The van der Waals surface area contributed by atoms with E-state index in [0.717, 1.165) is 13.0 Å². The SMILES string of the molecule is O=C(Cn1nnnc1COc1ccc(Cl)cc1)NCCCn1ccnc1. The molecule has 2 heterocycles. The van der Waals surface area contributed by atoms with Crippen molar-refractivity contribution >= 4 is 17.5 Å². The number of aromatic nitrogens is 6. The van der Waals surface area contributed by atoms with Gasteiger partial charge in [0.2, 0.25) is 5.91 Å². The van der Waals surface area contributed by atoms with Crippen molar-refractivity contribution in [3.63, 3.8) is 0 Å². The smallest absolute Gasteiger partial charge is 0.241 e. The van der Waals surface area contributed by atoms with Gasteiger partial charge >= 0.3 is 0 Å². The molecule has 3 aromatic rings. The Balaban J connectivity index is 1.42. The summed E-state index contributed by atoms with van der Waals surface area (Å²) in [5, 5.41) is 14.8. The van der Waals surface area contributed by atoms with E-state index in [4.69, 9.17) is 16.3 Å². The van der Waals surface area contributed by atoms with Gasteiger partial charge < -0.3 is 14.6 Å². The standard InChI is InChI=1S/C16H18ClN7O2/c17-13-2-4-14(5-3-13)26-11-15-20-21-22-24(15)10-16(25)19-6-1-8-23-9-7-18-12-23/h2-5,7,9,12H,1,6,8,10-11H2,(H,19,25). The van der Waals surface area contributed by atoms with Crippen molar-refractivity contribution in [3.8, 4) is 5.75 Å². The Kier molecular flexibility index (Phi) is 6.15. The summed E-state index contributed by atoms with van der Waals surface area (Å²) in [7, 11) is 0. The van der Waals surface area contributed by atoms with E-state index in [0.29, 0.717) is 23.1 Å². The molecule has 0 saturated heterocycles. The van der Waals surface area contributed by atoms with E-state index in [1.165, 1.54) is 4.68 Å². The lowest BCUT2D eigenvalue weighted by atomic mass is 10.3. The molecule has 0 atom stereocenters. The molecular weight excluding hydrogens is 358 g/mol. The van der Waals surface area contributed by atoms with Crippen molar-refractivity contribution < 1.29 is 9.53 Å². The van der Waals surface area contributed by atoms with Crippen LogP contribution in [0.5, 0.6) is 5.75 Å². The molecule has 0 fully saturated rings. The van der Waals surface area contributed by atoms with Gasteiger partial charge in [-0.1, -0.05) is 11.6 Å². The number of nitrogens with one attached hydrogen (secondary N) is 1. The van der Waals surface area contributed by atoms with Gasteiger partial charge in [0.1, 0.15) is 18.9 Å². The highest BCUT2D eigenvalue weighted by Crippen LogP contribution is 2.16. The summed E-state index contributed by atoms with van der Waals surface area (Å²) >= 11 is 5.83. The molecule has 0 saturated carbocycles. The van der Waals surface area contributed by atoms with Crippen molar-refractivity contribution in [2.45, 2.75) is 26.1 Å². The van der Waals surface area contributed by atoms with Crippen LogP contribution in [0.4, 0.5) is 0 Å². The normalized spacial score (nSPS) is 10.7. The average molecular weight is 376 g/mol. The zero-order valence-electron chi connectivity index (χ0n) is 14.0. The summed E-state index contributed by atoms with van der Waals surface area (Å²) < 4.78 is 8.98. The first-order valence-electron chi connectivity index (χ1n) is 8.06. The largest absolute Gasteiger partial charge is 0.486 e.